The first-order chi connectivity index (χ1) is 12.3. The van der Waals surface area contributed by atoms with Gasteiger partial charge in [-0.05, 0) is 25.9 Å². The van der Waals surface area contributed by atoms with Crippen LogP contribution in [0.25, 0.3) is 0 Å². The largest absolute Gasteiger partial charge is 0.388 e. The lowest BCUT2D eigenvalue weighted by Gasteiger charge is -2.51. The second-order valence-electron chi connectivity index (χ2n) is 7.03. The fraction of sp³-hybridized carbons (Fsp3) is 0.684. The summed E-state index contributed by atoms with van der Waals surface area (Å²) in [5.41, 5.74) is 0.955. The van der Waals surface area contributed by atoms with E-state index in [4.69, 9.17) is 18.9 Å². The zero-order chi connectivity index (χ0) is 17.2. The van der Waals surface area contributed by atoms with E-state index in [1.807, 2.05) is 30.3 Å². The van der Waals surface area contributed by atoms with Crippen LogP contribution in [-0.4, -0.2) is 67.5 Å². The number of hydrogen-bond acceptors (Lipinski definition) is 6. The Morgan fingerprint density at radius 3 is 2.56 bits per heavy atom. The standard InChI is InChI=1S/C19H27NO5/c1-22-19-15(20-10-6-3-7-11-20)16(21)17-14(24-19)12-23-18(25-17)13-8-4-2-5-9-13/h2,4-5,8-9,14-19,21H,3,6-7,10-12H2,1H3/t14-,15+,16-,17-,18?,19+/m1/s1. The number of methoxy groups -OCH3 is 1. The summed E-state index contributed by atoms with van der Waals surface area (Å²) in [5, 5.41) is 11.1. The number of rotatable bonds is 3. The number of aliphatic hydroxyl groups is 1. The normalized spacial score (nSPS) is 39.8. The van der Waals surface area contributed by atoms with E-state index in [1.54, 1.807) is 7.11 Å². The van der Waals surface area contributed by atoms with Gasteiger partial charge in [-0.2, -0.15) is 0 Å². The summed E-state index contributed by atoms with van der Waals surface area (Å²) < 4.78 is 23.6. The van der Waals surface area contributed by atoms with Gasteiger partial charge < -0.3 is 24.1 Å². The van der Waals surface area contributed by atoms with Gasteiger partial charge in [-0.25, -0.2) is 0 Å². The van der Waals surface area contributed by atoms with E-state index in [0.717, 1.165) is 31.5 Å². The third kappa shape index (κ3) is 3.47. The number of nitrogens with zero attached hydrogens (tertiary/aromatic N) is 1. The predicted molar refractivity (Wildman–Crippen MR) is 90.9 cm³/mol. The molecule has 0 aliphatic carbocycles. The Hall–Kier alpha value is -1.02. The molecular weight excluding hydrogens is 322 g/mol. The summed E-state index contributed by atoms with van der Waals surface area (Å²) in [7, 11) is 1.63. The van der Waals surface area contributed by atoms with Crippen molar-refractivity contribution in [1.82, 2.24) is 4.90 Å². The molecule has 0 aromatic heterocycles. The Labute approximate surface area is 148 Å². The minimum Gasteiger partial charge on any atom is -0.388 e. The zero-order valence-electron chi connectivity index (χ0n) is 14.6. The van der Waals surface area contributed by atoms with Crippen LogP contribution in [0.3, 0.4) is 0 Å². The van der Waals surface area contributed by atoms with Gasteiger partial charge in [0.05, 0.1) is 12.6 Å². The molecule has 0 saturated carbocycles. The minimum atomic E-state index is -0.670. The molecule has 3 aliphatic rings. The van der Waals surface area contributed by atoms with Crippen molar-refractivity contribution in [3.63, 3.8) is 0 Å². The molecule has 0 radical (unpaired) electrons. The molecule has 3 heterocycles. The average molecular weight is 349 g/mol. The van der Waals surface area contributed by atoms with Crippen molar-refractivity contribution in [2.75, 3.05) is 26.8 Å². The molecule has 1 N–H and O–H groups in total. The van der Waals surface area contributed by atoms with E-state index in [-0.39, 0.29) is 12.1 Å². The molecule has 1 aromatic rings. The molecule has 6 heteroatoms. The second-order valence-corrected chi connectivity index (χ2v) is 7.03. The van der Waals surface area contributed by atoms with Gasteiger partial charge in [0.15, 0.2) is 12.6 Å². The Bertz CT molecular complexity index is 550. The zero-order valence-corrected chi connectivity index (χ0v) is 14.6. The molecule has 1 aromatic carbocycles. The van der Waals surface area contributed by atoms with E-state index in [0.29, 0.717) is 6.61 Å². The van der Waals surface area contributed by atoms with Crippen molar-refractivity contribution in [2.45, 2.75) is 56.2 Å². The van der Waals surface area contributed by atoms with Gasteiger partial charge >= 0.3 is 0 Å². The summed E-state index contributed by atoms with van der Waals surface area (Å²) in [6, 6.07) is 9.62. The number of hydrogen-bond donors (Lipinski definition) is 1. The highest BCUT2D eigenvalue weighted by atomic mass is 16.7. The lowest BCUT2D eigenvalue weighted by molar-refractivity contribution is -0.350. The first kappa shape index (κ1) is 17.4. The van der Waals surface area contributed by atoms with E-state index in [2.05, 4.69) is 4.90 Å². The van der Waals surface area contributed by atoms with Crippen LogP contribution in [0.2, 0.25) is 0 Å². The number of piperidine rings is 1. The maximum absolute atomic E-state index is 11.1. The van der Waals surface area contributed by atoms with E-state index in [1.165, 1.54) is 6.42 Å². The van der Waals surface area contributed by atoms with E-state index in [9.17, 15) is 5.11 Å². The molecule has 3 saturated heterocycles. The molecule has 3 fully saturated rings. The van der Waals surface area contributed by atoms with Gasteiger partial charge in [0.25, 0.3) is 0 Å². The van der Waals surface area contributed by atoms with Crippen molar-refractivity contribution in [2.24, 2.45) is 0 Å². The summed E-state index contributed by atoms with van der Waals surface area (Å²) in [6.45, 7) is 2.30. The molecule has 6 nitrogen and oxygen atoms in total. The Balaban J connectivity index is 1.52. The molecule has 3 aliphatic heterocycles. The summed E-state index contributed by atoms with van der Waals surface area (Å²) in [6.07, 6.45) is 1.19. The maximum atomic E-state index is 11.1. The van der Waals surface area contributed by atoms with Crippen LogP contribution in [0.5, 0.6) is 0 Å². The molecule has 4 rings (SSSR count). The highest BCUT2D eigenvalue weighted by molar-refractivity contribution is 5.16. The van der Waals surface area contributed by atoms with Crippen LogP contribution in [-0.2, 0) is 18.9 Å². The molecular formula is C19H27NO5. The average Bonchev–Trinajstić information content (AvgIpc) is 2.69. The smallest absolute Gasteiger partial charge is 0.184 e. The van der Waals surface area contributed by atoms with Crippen LogP contribution in [0.4, 0.5) is 0 Å². The lowest BCUT2D eigenvalue weighted by Crippen LogP contribution is -2.67. The van der Waals surface area contributed by atoms with Crippen LogP contribution >= 0.6 is 0 Å². The van der Waals surface area contributed by atoms with Crippen molar-refractivity contribution in [1.29, 1.82) is 0 Å². The summed E-state index contributed by atoms with van der Waals surface area (Å²) in [4.78, 5) is 2.29. The molecule has 1 unspecified atom stereocenters. The van der Waals surface area contributed by atoms with E-state index >= 15 is 0 Å². The van der Waals surface area contributed by atoms with E-state index < -0.39 is 24.8 Å². The Kier molecular flexibility index (Phi) is 5.36. The topological polar surface area (TPSA) is 60.4 Å². The monoisotopic (exact) mass is 349 g/mol. The molecule has 25 heavy (non-hydrogen) atoms. The lowest BCUT2D eigenvalue weighted by atomic mass is 9.93. The summed E-state index contributed by atoms with van der Waals surface area (Å²) in [5.74, 6) is 0. The minimum absolute atomic E-state index is 0.207. The molecule has 0 bridgehead atoms. The highest BCUT2D eigenvalue weighted by Gasteiger charge is 2.51. The van der Waals surface area contributed by atoms with Crippen molar-refractivity contribution in [3.05, 3.63) is 35.9 Å². The number of fused-ring (bicyclic) bond motifs is 1. The maximum Gasteiger partial charge on any atom is 0.184 e. The third-order valence-electron chi connectivity index (χ3n) is 5.45. The summed E-state index contributed by atoms with van der Waals surface area (Å²) >= 11 is 0. The molecule has 138 valence electrons. The van der Waals surface area contributed by atoms with Crippen LogP contribution < -0.4 is 0 Å². The van der Waals surface area contributed by atoms with Gasteiger partial charge in [0, 0.05) is 12.7 Å². The highest BCUT2D eigenvalue weighted by Crippen LogP contribution is 2.36. The fourth-order valence-electron chi connectivity index (χ4n) is 4.16. The first-order valence-electron chi connectivity index (χ1n) is 9.20. The Morgan fingerprint density at radius 2 is 1.84 bits per heavy atom. The van der Waals surface area contributed by atoms with Crippen molar-refractivity contribution < 1.29 is 24.1 Å². The first-order valence-corrected chi connectivity index (χ1v) is 9.20. The Morgan fingerprint density at radius 1 is 1.08 bits per heavy atom. The van der Waals surface area contributed by atoms with Crippen LogP contribution in [0.1, 0.15) is 31.1 Å². The number of benzene rings is 1. The van der Waals surface area contributed by atoms with Gasteiger partial charge in [0.2, 0.25) is 0 Å². The van der Waals surface area contributed by atoms with Gasteiger partial charge in [-0.3, -0.25) is 4.90 Å². The van der Waals surface area contributed by atoms with Gasteiger partial charge in [-0.1, -0.05) is 36.8 Å². The number of ether oxygens (including phenoxy) is 4. The molecule has 0 spiro atoms. The molecule has 6 atom stereocenters. The molecule has 0 amide bonds. The van der Waals surface area contributed by atoms with Crippen LogP contribution in [0, 0.1) is 0 Å². The SMILES string of the molecule is CO[C@H]1O[C@@H]2COC(c3ccccc3)O[C@H]2[C@H](O)[C@@H]1N1CCCCC1. The van der Waals surface area contributed by atoms with Crippen molar-refractivity contribution >= 4 is 0 Å². The van der Waals surface area contributed by atoms with Gasteiger partial charge in [0.1, 0.15) is 18.3 Å². The third-order valence-corrected chi connectivity index (χ3v) is 5.45. The second kappa shape index (κ2) is 7.70. The van der Waals surface area contributed by atoms with Crippen LogP contribution in [0.15, 0.2) is 30.3 Å². The number of likely N-dealkylation sites (tertiary alicyclic amines) is 1. The number of aliphatic hydroxyl groups excluding tert-OH is 1. The van der Waals surface area contributed by atoms with Gasteiger partial charge in [-0.15, -0.1) is 0 Å². The van der Waals surface area contributed by atoms with Crippen molar-refractivity contribution in [3.8, 4) is 0 Å². The quantitative estimate of drug-likeness (QED) is 0.896. The predicted octanol–water partition coefficient (Wildman–Crippen LogP) is 1.69. The fourth-order valence-corrected chi connectivity index (χ4v) is 4.16.